The van der Waals surface area contributed by atoms with E-state index in [4.69, 9.17) is 16.0 Å². The maximum atomic E-state index is 13.0. The van der Waals surface area contributed by atoms with E-state index in [1.165, 1.54) is 0 Å². The molecule has 1 amide bonds. The van der Waals surface area contributed by atoms with Crippen molar-refractivity contribution in [2.75, 3.05) is 0 Å². The molecule has 0 N–H and O–H groups in total. The number of carbonyl (C=O) groups is 1. The van der Waals surface area contributed by atoms with Crippen molar-refractivity contribution in [2.24, 2.45) is 0 Å². The van der Waals surface area contributed by atoms with Crippen molar-refractivity contribution in [1.82, 2.24) is 4.90 Å². The van der Waals surface area contributed by atoms with Gasteiger partial charge in [-0.1, -0.05) is 54.1 Å². The Morgan fingerprint density at radius 2 is 1.72 bits per heavy atom. The molecule has 1 heterocycles. The van der Waals surface area contributed by atoms with Gasteiger partial charge in [0, 0.05) is 18.2 Å². The molecule has 1 fully saturated rings. The summed E-state index contributed by atoms with van der Waals surface area (Å²) in [5.41, 5.74) is 1.92. The Bertz CT molecular complexity index is 884. The van der Waals surface area contributed by atoms with Gasteiger partial charge in [0.15, 0.2) is 5.76 Å². The molecule has 4 rings (SSSR count). The minimum absolute atomic E-state index is 0.0651. The molecule has 0 unspecified atom stereocenters. The summed E-state index contributed by atoms with van der Waals surface area (Å²) in [6.07, 6.45) is 2.10. The molecule has 126 valence electrons. The van der Waals surface area contributed by atoms with Gasteiger partial charge in [0.25, 0.3) is 5.91 Å². The molecule has 25 heavy (non-hydrogen) atoms. The maximum Gasteiger partial charge on any atom is 0.290 e. The molecule has 0 saturated heterocycles. The molecule has 3 aromatic rings. The fraction of sp³-hybridized carbons (Fsp3) is 0.190. The van der Waals surface area contributed by atoms with Gasteiger partial charge in [0.05, 0.1) is 5.02 Å². The number of hydrogen-bond donors (Lipinski definition) is 0. The van der Waals surface area contributed by atoms with Crippen LogP contribution in [0, 0.1) is 0 Å². The van der Waals surface area contributed by atoms with Crippen molar-refractivity contribution >= 4 is 17.5 Å². The smallest absolute Gasteiger partial charge is 0.290 e. The summed E-state index contributed by atoms with van der Waals surface area (Å²) >= 11 is 6.22. The van der Waals surface area contributed by atoms with Crippen LogP contribution in [0.15, 0.2) is 71.1 Å². The van der Waals surface area contributed by atoms with Gasteiger partial charge in [0.2, 0.25) is 0 Å². The number of halogens is 1. The van der Waals surface area contributed by atoms with E-state index in [1.54, 1.807) is 6.07 Å². The normalized spacial score (nSPS) is 13.6. The van der Waals surface area contributed by atoms with Crippen molar-refractivity contribution in [2.45, 2.75) is 25.4 Å². The first-order chi connectivity index (χ1) is 12.2. The molecule has 0 bridgehead atoms. The Kier molecular flexibility index (Phi) is 4.33. The third kappa shape index (κ3) is 3.47. The second-order valence-electron chi connectivity index (χ2n) is 6.29. The SMILES string of the molecule is O=C(c1ccc(-c2ccccc2Cl)o1)N(Cc1ccccc1)C1CC1. The molecule has 1 aliphatic carbocycles. The molecule has 2 aromatic carbocycles. The third-order valence-corrected chi connectivity index (χ3v) is 4.73. The van der Waals surface area contributed by atoms with Crippen molar-refractivity contribution in [3.63, 3.8) is 0 Å². The number of hydrogen-bond acceptors (Lipinski definition) is 2. The van der Waals surface area contributed by atoms with Crippen LogP contribution < -0.4 is 0 Å². The quantitative estimate of drug-likeness (QED) is 0.616. The number of carbonyl (C=O) groups excluding carboxylic acids is 1. The molecular weight excluding hydrogens is 334 g/mol. The van der Waals surface area contributed by atoms with Gasteiger partial charge in [-0.25, -0.2) is 0 Å². The lowest BCUT2D eigenvalue weighted by Gasteiger charge is -2.21. The molecule has 0 radical (unpaired) electrons. The minimum atomic E-state index is -0.0651. The van der Waals surface area contributed by atoms with E-state index in [2.05, 4.69) is 0 Å². The average molecular weight is 352 g/mol. The summed E-state index contributed by atoms with van der Waals surface area (Å²) in [5.74, 6) is 0.909. The van der Waals surface area contributed by atoms with Gasteiger partial charge in [-0.15, -0.1) is 0 Å². The maximum absolute atomic E-state index is 13.0. The van der Waals surface area contributed by atoms with Gasteiger partial charge >= 0.3 is 0 Å². The molecule has 0 spiro atoms. The summed E-state index contributed by atoms with van der Waals surface area (Å²) < 4.78 is 5.83. The number of nitrogens with zero attached hydrogens (tertiary/aromatic N) is 1. The van der Waals surface area contributed by atoms with Crippen LogP contribution in [0.5, 0.6) is 0 Å². The van der Waals surface area contributed by atoms with Crippen LogP contribution in [0.3, 0.4) is 0 Å². The largest absolute Gasteiger partial charge is 0.451 e. The summed E-state index contributed by atoms with van der Waals surface area (Å²) in [7, 11) is 0. The predicted octanol–water partition coefficient (Wildman–Crippen LogP) is 5.40. The molecule has 1 aliphatic rings. The highest BCUT2D eigenvalue weighted by Gasteiger charge is 2.34. The van der Waals surface area contributed by atoms with E-state index >= 15 is 0 Å². The van der Waals surface area contributed by atoms with Crippen molar-refractivity contribution in [1.29, 1.82) is 0 Å². The van der Waals surface area contributed by atoms with Gasteiger partial charge in [-0.2, -0.15) is 0 Å². The standard InChI is InChI=1S/C21H18ClNO2/c22-18-9-5-4-8-17(18)19-12-13-20(25-19)21(24)23(16-10-11-16)14-15-6-2-1-3-7-15/h1-9,12-13,16H,10-11,14H2. The van der Waals surface area contributed by atoms with E-state index in [0.717, 1.165) is 24.0 Å². The van der Waals surface area contributed by atoms with Gasteiger partial charge in [-0.3, -0.25) is 4.79 Å². The molecule has 3 nitrogen and oxygen atoms in total. The lowest BCUT2D eigenvalue weighted by Crippen LogP contribution is -2.32. The predicted molar refractivity (Wildman–Crippen MR) is 98.5 cm³/mol. The van der Waals surface area contributed by atoms with E-state index in [9.17, 15) is 4.79 Å². The highest BCUT2D eigenvalue weighted by atomic mass is 35.5. The van der Waals surface area contributed by atoms with Crippen LogP contribution in [-0.4, -0.2) is 16.8 Å². The highest BCUT2D eigenvalue weighted by molar-refractivity contribution is 6.33. The average Bonchev–Trinajstić information content (AvgIpc) is 3.37. The van der Waals surface area contributed by atoms with Crippen LogP contribution >= 0.6 is 11.6 Å². The van der Waals surface area contributed by atoms with E-state index < -0.39 is 0 Å². The lowest BCUT2D eigenvalue weighted by atomic mass is 10.2. The van der Waals surface area contributed by atoms with Crippen LogP contribution in [-0.2, 0) is 6.54 Å². The topological polar surface area (TPSA) is 33.5 Å². The Morgan fingerprint density at radius 3 is 2.44 bits per heavy atom. The number of amides is 1. The number of furan rings is 1. The minimum Gasteiger partial charge on any atom is -0.451 e. The number of benzene rings is 2. The van der Waals surface area contributed by atoms with Crippen molar-refractivity contribution < 1.29 is 9.21 Å². The van der Waals surface area contributed by atoms with E-state index in [1.807, 2.05) is 65.6 Å². The van der Waals surface area contributed by atoms with Crippen LogP contribution in [0.1, 0.15) is 29.0 Å². The lowest BCUT2D eigenvalue weighted by molar-refractivity contribution is 0.0698. The summed E-state index contributed by atoms with van der Waals surface area (Å²) in [5, 5.41) is 0.610. The Morgan fingerprint density at radius 1 is 1.00 bits per heavy atom. The fourth-order valence-corrected chi connectivity index (χ4v) is 3.16. The Balaban J connectivity index is 1.58. The van der Waals surface area contributed by atoms with Gasteiger partial charge < -0.3 is 9.32 Å². The summed E-state index contributed by atoms with van der Waals surface area (Å²) in [6, 6.07) is 21.4. The summed E-state index contributed by atoms with van der Waals surface area (Å²) in [6.45, 7) is 0.604. The Labute approximate surface area is 151 Å². The zero-order chi connectivity index (χ0) is 17.2. The molecule has 4 heteroatoms. The van der Waals surface area contributed by atoms with Crippen LogP contribution in [0.25, 0.3) is 11.3 Å². The first-order valence-corrected chi connectivity index (χ1v) is 8.80. The molecule has 0 aliphatic heterocycles. The van der Waals surface area contributed by atoms with Crippen LogP contribution in [0.2, 0.25) is 5.02 Å². The first kappa shape index (κ1) is 16.0. The van der Waals surface area contributed by atoms with E-state index in [-0.39, 0.29) is 5.91 Å². The van der Waals surface area contributed by atoms with Crippen LogP contribution in [0.4, 0.5) is 0 Å². The zero-order valence-electron chi connectivity index (χ0n) is 13.7. The van der Waals surface area contributed by atoms with Gasteiger partial charge in [-0.05, 0) is 42.7 Å². The number of rotatable bonds is 5. The Hall–Kier alpha value is -2.52. The molecule has 1 aromatic heterocycles. The highest BCUT2D eigenvalue weighted by Crippen LogP contribution is 2.32. The fourth-order valence-electron chi connectivity index (χ4n) is 2.93. The first-order valence-electron chi connectivity index (χ1n) is 8.42. The molecular formula is C21H18ClNO2. The van der Waals surface area contributed by atoms with E-state index in [0.29, 0.717) is 29.1 Å². The van der Waals surface area contributed by atoms with Crippen molar-refractivity contribution in [3.05, 3.63) is 83.1 Å². The third-order valence-electron chi connectivity index (χ3n) is 4.40. The molecule has 1 saturated carbocycles. The summed E-state index contributed by atoms with van der Waals surface area (Å²) in [4.78, 5) is 14.9. The molecule has 0 atom stereocenters. The van der Waals surface area contributed by atoms with Crippen molar-refractivity contribution in [3.8, 4) is 11.3 Å². The monoisotopic (exact) mass is 351 g/mol. The zero-order valence-corrected chi connectivity index (χ0v) is 14.4. The van der Waals surface area contributed by atoms with Gasteiger partial charge in [0.1, 0.15) is 5.76 Å². The second kappa shape index (κ2) is 6.77. The second-order valence-corrected chi connectivity index (χ2v) is 6.70.